The van der Waals surface area contributed by atoms with Crippen molar-refractivity contribution in [1.82, 2.24) is 14.4 Å². The number of nitroso groups, excluding NO2 is 1. The lowest BCUT2D eigenvalue weighted by Crippen LogP contribution is -2.41. The molecular weight excluding hydrogens is 412 g/mol. The molecule has 0 aliphatic heterocycles. The van der Waals surface area contributed by atoms with E-state index in [1.165, 1.54) is 6.42 Å². The zero-order valence-corrected chi connectivity index (χ0v) is 18.0. The van der Waals surface area contributed by atoms with Gasteiger partial charge in [-0.1, -0.05) is 29.6 Å². The topological polar surface area (TPSA) is 151 Å². The molecular formula is C21H28N8O3. The van der Waals surface area contributed by atoms with Crippen LogP contribution in [-0.2, 0) is 6.54 Å². The fourth-order valence-corrected chi connectivity index (χ4v) is 4.49. The van der Waals surface area contributed by atoms with Crippen molar-refractivity contribution >= 4 is 11.6 Å². The molecule has 2 aliphatic rings. The molecule has 2 aromatic heterocycles. The Hall–Kier alpha value is -3.17. The quantitative estimate of drug-likeness (QED) is 0.112. The zero-order chi connectivity index (χ0) is 22.6. The van der Waals surface area contributed by atoms with Gasteiger partial charge in [0.15, 0.2) is 11.4 Å². The molecule has 2 saturated carbocycles. The summed E-state index contributed by atoms with van der Waals surface area (Å²) >= 11 is 0. The second-order valence-corrected chi connectivity index (χ2v) is 8.74. The van der Waals surface area contributed by atoms with Crippen LogP contribution in [0.2, 0.25) is 0 Å². The van der Waals surface area contributed by atoms with E-state index < -0.39 is 11.4 Å². The molecule has 2 heterocycles. The predicted molar refractivity (Wildman–Crippen MR) is 118 cm³/mol. The van der Waals surface area contributed by atoms with Crippen molar-refractivity contribution in [3.05, 3.63) is 45.1 Å². The number of aromatic nitrogens is 2. The van der Waals surface area contributed by atoms with Gasteiger partial charge in [0.2, 0.25) is 0 Å². The van der Waals surface area contributed by atoms with Crippen LogP contribution in [-0.4, -0.2) is 39.0 Å². The highest BCUT2D eigenvalue weighted by Crippen LogP contribution is 2.36. The molecule has 0 unspecified atom stereocenters. The molecule has 32 heavy (non-hydrogen) atoms. The van der Waals surface area contributed by atoms with Crippen molar-refractivity contribution in [3.63, 3.8) is 0 Å². The van der Waals surface area contributed by atoms with Crippen LogP contribution in [0.25, 0.3) is 16.1 Å². The van der Waals surface area contributed by atoms with Gasteiger partial charge in [0.05, 0.1) is 18.8 Å². The molecule has 2 aliphatic carbocycles. The minimum atomic E-state index is -0.645. The maximum absolute atomic E-state index is 13.3. The lowest BCUT2D eigenvalue weighted by molar-refractivity contribution is 0.0734. The van der Waals surface area contributed by atoms with Crippen LogP contribution in [0.5, 0.6) is 5.75 Å². The molecule has 0 saturated heterocycles. The first-order chi connectivity index (χ1) is 15.6. The summed E-state index contributed by atoms with van der Waals surface area (Å²) in [5.41, 5.74) is 9.16. The number of pyridine rings is 1. The Morgan fingerprint density at radius 1 is 1.38 bits per heavy atom. The van der Waals surface area contributed by atoms with Crippen LogP contribution in [0.4, 0.5) is 0 Å². The maximum Gasteiger partial charge on any atom is 0.286 e. The average molecular weight is 441 g/mol. The monoisotopic (exact) mass is 440 g/mol. The van der Waals surface area contributed by atoms with E-state index in [4.69, 9.17) is 16.1 Å². The number of hydrogen-bond donors (Lipinski definition) is 1. The van der Waals surface area contributed by atoms with Crippen molar-refractivity contribution in [1.29, 1.82) is 0 Å². The molecule has 0 bridgehead atoms. The lowest BCUT2D eigenvalue weighted by Gasteiger charge is -2.25. The first-order valence-electron chi connectivity index (χ1n) is 11.1. The number of fused-ring (bicyclic) bond motifs is 1. The van der Waals surface area contributed by atoms with Gasteiger partial charge in [0.1, 0.15) is 11.2 Å². The second-order valence-electron chi connectivity index (χ2n) is 8.74. The van der Waals surface area contributed by atoms with E-state index in [1.807, 2.05) is 6.07 Å². The molecule has 0 aromatic carbocycles. The van der Waals surface area contributed by atoms with E-state index in [-0.39, 0.29) is 18.8 Å². The summed E-state index contributed by atoms with van der Waals surface area (Å²) in [6.07, 6.45) is 9.02. The molecule has 2 aromatic rings. The largest absolute Gasteiger partial charge is 0.489 e. The molecule has 2 fully saturated rings. The van der Waals surface area contributed by atoms with Gasteiger partial charge in [0, 0.05) is 17.7 Å². The van der Waals surface area contributed by atoms with Gasteiger partial charge in [-0.05, 0) is 55.7 Å². The standard InChI is InChI=1S/C21H28N8O3/c22-27-24-13-16-18(20(30)29(23)12-10-21(26-31)8-1-2-9-21)28-11-4-7-17(19(28)25-16)32-14-15-5-3-6-15/h4,7,11,15H,1-3,5-6,8-10,12-14,23H2. The fourth-order valence-electron chi connectivity index (χ4n) is 4.49. The van der Waals surface area contributed by atoms with Crippen LogP contribution < -0.4 is 10.6 Å². The highest BCUT2D eigenvalue weighted by Gasteiger charge is 2.36. The number of carbonyl (C=O) groups excluding carboxylic acids is 1. The normalized spacial score (nSPS) is 17.5. The summed E-state index contributed by atoms with van der Waals surface area (Å²) in [7, 11) is 0. The number of ether oxygens (including phenoxy) is 1. The van der Waals surface area contributed by atoms with Gasteiger partial charge in [0.25, 0.3) is 5.91 Å². The molecule has 1 amide bonds. The summed E-state index contributed by atoms with van der Waals surface area (Å²) in [5.74, 6) is 6.77. The molecule has 4 rings (SSSR count). The van der Waals surface area contributed by atoms with Crippen LogP contribution in [0.1, 0.15) is 67.5 Å². The Bertz CT molecular complexity index is 1040. The van der Waals surface area contributed by atoms with Crippen molar-refractivity contribution in [2.45, 2.75) is 63.5 Å². The third kappa shape index (κ3) is 4.39. The minimum Gasteiger partial charge on any atom is -0.489 e. The Kier molecular flexibility index (Phi) is 6.57. The third-order valence-corrected chi connectivity index (χ3v) is 6.68. The Morgan fingerprint density at radius 2 is 2.16 bits per heavy atom. The molecule has 0 atom stereocenters. The van der Waals surface area contributed by atoms with Crippen molar-refractivity contribution in [2.24, 2.45) is 22.1 Å². The SMILES string of the molecule is [N-]=[N+]=NCc1nc2c(OCC3CCC3)cccn2c1C(=O)N(N)CCC1(N=O)CCCC1. The Morgan fingerprint density at radius 3 is 2.81 bits per heavy atom. The summed E-state index contributed by atoms with van der Waals surface area (Å²) in [6.45, 7) is 0.705. The zero-order valence-electron chi connectivity index (χ0n) is 18.0. The highest BCUT2D eigenvalue weighted by molar-refractivity contribution is 5.94. The number of azide groups is 1. The fraction of sp³-hybridized carbons (Fsp3) is 0.619. The first-order valence-corrected chi connectivity index (χ1v) is 11.1. The highest BCUT2D eigenvalue weighted by atomic mass is 16.5. The van der Waals surface area contributed by atoms with Crippen molar-refractivity contribution < 1.29 is 9.53 Å². The van der Waals surface area contributed by atoms with Crippen LogP contribution in [0.3, 0.4) is 0 Å². The van der Waals surface area contributed by atoms with Crippen molar-refractivity contribution in [3.8, 4) is 5.75 Å². The van der Waals surface area contributed by atoms with E-state index in [0.29, 0.717) is 36.0 Å². The van der Waals surface area contributed by atoms with Crippen LogP contribution in [0, 0.1) is 10.8 Å². The third-order valence-electron chi connectivity index (χ3n) is 6.68. The number of imidazole rings is 1. The number of nitrogens with zero attached hydrogens (tertiary/aromatic N) is 7. The molecule has 0 spiro atoms. The van der Waals surface area contributed by atoms with E-state index in [1.54, 1.807) is 16.7 Å². The summed E-state index contributed by atoms with van der Waals surface area (Å²) in [5, 5.41) is 8.03. The first kappa shape index (κ1) is 22.0. The predicted octanol–water partition coefficient (Wildman–Crippen LogP) is 4.11. The van der Waals surface area contributed by atoms with Gasteiger partial charge in [-0.15, -0.1) is 0 Å². The molecule has 0 radical (unpaired) electrons. The Balaban J connectivity index is 1.59. The minimum absolute atomic E-state index is 0.0883. The van der Waals surface area contributed by atoms with E-state index in [2.05, 4.69) is 20.2 Å². The van der Waals surface area contributed by atoms with Crippen LogP contribution >= 0.6 is 0 Å². The van der Waals surface area contributed by atoms with E-state index >= 15 is 0 Å². The number of amides is 1. The van der Waals surface area contributed by atoms with Gasteiger partial charge < -0.3 is 4.74 Å². The van der Waals surface area contributed by atoms with Gasteiger partial charge in [-0.25, -0.2) is 10.8 Å². The van der Waals surface area contributed by atoms with E-state index in [0.717, 1.165) is 43.5 Å². The second kappa shape index (κ2) is 9.54. The van der Waals surface area contributed by atoms with Gasteiger partial charge in [-0.2, -0.15) is 4.91 Å². The maximum atomic E-state index is 13.3. The van der Waals surface area contributed by atoms with Gasteiger partial charge in [-0.3, -0.25) is 14.2 Å². The summed E-state index contributed by atoms with van der Waals surface area (Å²) < 4.78 is 7.62. The van der Waals surface area contributed by atoms with Crippen LogP contribution in [0.15, 0.2) is 28.6 Å². The number of nitrogens with two attached hydrogens (primary N) is 1. The van der Waals surface area contributed by atoms with Gasteiger partial charge >= 0.3 is 0 Å². The lowest BCUT2D eigenvalue weighted by atomic mass is 9.86. The summed E-state index contributed by atoms with van der Waals surface area (Å²) in [4.78, 5) is 32.0. The smallest absolute Gasteiger partial charge is 0.286 e. The molecule has 2 N–H and O–H groups in total. The number of rotatable bonds is 10. The van der Waals surface area contributed by atoms with E-state index in [9.17, 15) is 9.70 Å². The molecule has 11 nitrogen and oxygen atoms in total. The number of hydrogen-bond acceptors (Lipinski definition) is 7. The average Bonchev–Trinajstić information content (AvgIpc) is 3.40. The molecule has 11 heteroatoms. The number of hydrazine groups is 1. The Labute approximate surface area is 185 Å². The van der Waals surface area contributed by atoms with Crippen molar-refractivity contribution in [2.75, 3.05) is 13.2 Å². The molecule has 170 valence electrons. The number of carbonyl (C=O) groups is 1. The summed E-state index contributed by atoms with van der Waals surface area (Å²) in [6, 6.07) is 3.59.